The van der Waals surface area contributed by atoms with Crippen LogP contribution in [0.5, 0.6) is 0 Å². The number of ether oxygens (including phenoxy) is 2. The van der Waals surface area contributed by atoms with Gasteiger partial charge in [0.05, 0.1) is 0 Å². The van der Waals surface area contributed by atoms with Crippen molar-refractivity contribution in [1.82, 2.24) is 10.1 Å². The Bertz CT molecular complexity index is 469. The van der Waals surface area contributed by atoms with Gasteiger partial charge in [-0.3, -0.25) is 4.79 Å². The highest BCUT2D eigenvalue weighted by Crippen LogP contribution is 2.36. The van der Waals surface area contributed by atoms with Crippen LogP contribution in [0.1, 0.15) is 56.2 Å². The summed E-state index contributed by atoms with van der Waals surface area (Å²) in [6.45, 7) is 1.30. The number of Topliss-reactive ketones (excluding diaryl/α,β-unsaturated/α-hetero) is 1. The maximum absolute atomic E-state index is 11.3. The molecular formula is C14H20N2O4. The van der Waals surface area contributed by atoms with E-state index in [1.54, 1.807) is 7.11 Å². The number of rotatable bonds is 3. The van der Waals surface area contributed by atoms with E-state index in [2.05, 4.69) is 10.1 Å². The third kappa shape index (κ3) is 2.50. The van der Waals surface area contributed by atoms with Gasteiger partial charge >= 0.3 is 0 Å². The second-order valence-corrected chi connectivity index (χ2v) is 5.58. The molecule has 1 aromatic rings. The van der Waals surface area contributed by atoms with Gasteiger partial charge in [-0.15, -0.1) is 0 Å². The number of nitrogens with zero attached hydrogens (tertiary/aromatic N) is 2. The van der Waals surface area contributed by atoms with E-state index < -0.39 is 5.60 Å². The lowest BCUT2D eigenvalue weighted by Gasteiger charge is -2.32. The quantitative estimate of drug-likeness (QED) is 0.842. The molecule has 2 heterocycles. The summed E-state index contributed by atoms with van der Waals surface area (Å²) in [7, 11) is 1.68. The summed E-state index contributed by atoms with van der Waals surface area (Å²) in [6.07, 6.45) is 4.33. The van der Waals surface area contributed by atoms with Gasteiger partial charge < -0.3 is 14.0 Å². The van der Waals surface area contributed by atoms with E-state index in [1.165, 1.54) is 0 Å². The van der Waals surface area contributed by atoms with Crippen LogP contribution >= 0.6 is 0 Å². The molecule has 2 aliphatic rings. The molecule has 6 heteroatoms. The Labute approximate surface area is 117 Å². The highest BCUT2D eigenvalue weighted by Gasteiger charge is 2.40. The summed E-state index contributed by atoms with van der Waals surface area (Å²) >= 11 is 0. The van der Waals surface area contributed by atoms with Gasteiger partial charge in [0, 0.05) is 51.9 Å². The summed E-state index contributed by atoms with van der Waals surface area (Å²) in [4.78, 5) is 15.8. The molecule has 20 heavy (non-hydrogen) atoms. The molecule has 0 aromatic carbocycles. The lowest BCUT2D eigenvalue weighted by Crippen LogP contribution is -2.36. The maximum Gasteiger partial charge on any atom is 0.229 e. The van der Waals surface area contributed by atoms with Gasteiger partial charge in [0.2, 0.25) is 11.7 Å². The van der Waals surface area contributed by atoms with Crippen molar-refractivity contribution < 1.29 is 18.8 Å². The third-order valence-corrected chi connectivity index (χ3v) is 4.43. The molecule has 1 aliphatic carbocycles. The number of carbonyl (C=O) groups excluding carboxylic acids is 1. The summed E-state index contributed by atoms with van der Waals surface area (Å²) < 4.78 is 16.5. The zero-order chi connectivity index (χ0) is 14.0. The van der Waals surface area contributed by atoms with Gasteiger partial charge in [0.25, 0.3) is 0 Å². The van der Waals surface area contributed by atoms with E-state index in [0.29, 0.717) is 43.6 Å². The molecule has 0 spiro atoms. The van der Waals surface area contributed by atoms with Crippen LogP contribution in [0.25, 0.3) is 0 Å². The third-order valence-electron chi connectivity index (χ3n) is 4.43. The minimum Gasteiger partial charge on any atom is -0.381 e. The number of hydrogen-bond donors (Lipinski definition) is 0. The Morgan fingerprint density at radius 3 is 2.60 bits per heavy atom. The number of ketones is 1. The van der Waals surface area contributed by atoms with Crippen molar-refractivity contribution in [1.29, 1.82) is 0 Å². The first-order valence-corrected chi connectivity index (χ1v) is 7.22. The van der Waals surface area contributed by atoms with Crippen LogP contribution in [0.2, 0.25) is 0 Å². The fourth-order valence-electron chi connectivity index (χ4n) is 2.99. The first kappa shape index (κ1) is 13.7. The van der Waals surface area contributed by atoms with Crippen molar-refractivity contribution in [3.63, 3.8) is 0 Å². The number of aromatic nitrogens is 2. The minimum atomic E-state index is -0.482. The highest BCUT2D eigenvalue weighted by molar-refractivity contribution is 5.79. The second kappa shape index (κ2) is 5.61. The molecule has 1 aliphatic heterocycles. The van der Waals surface area contributed by atoms with E-state index in [4.69, 9.17) is 14.0 Å². The molecular weight excluding hydrogens is 260 g/mol. The molecule has 1 saturated carbocycles. The van der Waals surface area contributed by atoms with Gasteiger partial charge in [-0.05, 0) is 12.8 Å². The fraction of sp³-hybridized carbons (Fsp3) is 0.786. The summed E-state index contributed by atoms with van der Waals surface area (Å²) in [6, 6.07) is 0. The largest absolute Gasteiger partial charge is 0.381 e. The topological polar surface area (TPSA) is 74.5 Å². The van der Waals surface area contributed by atoms with E-state index in [9.17, 15) is 4.79 Å². The van der Waals surface area contributed by atoms with Gasteiger partial charge in [-0.2, -0.15) is 4.98 Å². The Kier molecular flexibility index (Phi) is 3.85. The summed E-state index contributed by atoms with van der Waals surface area (Å²) in [5.74, 6) is 1.81. The zero-order valence-corrected chi connectivity index (χ0v) is 11.8. The standard InChI is InChI=1S/C14H20N2O4/c1-18-14(6-8-19-9-7-14)13-15-12(20-16-13)10-2-4-11(17)5-3-10/h10H,2-9H2,1H3. The predicted octanol–water partition coefficient (Wildman–Crippen LogP) is 1.95. The van der Waals surface area contributed by atoms with E-state index in [0.717, 1.165) is 25.7 Å². The van der Waals surface area contributed by atoms with Crippen molar-refractivity contribution in [3.05, 3.63) is 11.7 Å². The fourth-order valence-corrected chi connectivity index (χ4v) is 2.99. The smallest absolute Gasteiger partial charge is 0.229 e. The van der Waals surface area contributed by atoms with E-state index in [-0.39, 0.29) is 5.92 Å². The second-order valence-electron chi connectivity index (χ2n) is 5.58. The van der Waals surface area contributed by atoms with Crippen molar-refractivity contribution >= 4 is 5.78 Å². The Hall–Kier alpha value is -1.27. The van der Waals surface area contributed by atoms with Crippen molar-refractivity contribution in [2.75, 3.05) is 20.3 Å². The SMILES string of the molecule is COC1(c2noc(C3CCC(=O)CC3)n2)CCOCC1. The first-order valence-electron chi connectivity index (χ1n) is 7.22. The highest BCUT2D eigenvalue weighted by atomic mass is 16.5. The molecule has 6 nitrogen and oxygen atoms in total. The van der Waals surface area contributed by atoms with Crippen LogP contribution in [0.4, 0.5) is 0 Å². The molecule has 2 fully saturated rings. The average molecular weight is 280 g/mol. The van der Waals surface area contributed by atoms with Gasteiger partial charge in [-0.1, -0.05) is 5.16 Å². The molecule has 110 valence electrons. The Morgan fingerprint density at radius 1 is 1.25 bits per heavy atom. The van der Waals surface area contributed by atoms with Crippen LogP contribution in [-0.2, 0) is 19.9 Å². The Balaban J connectivity index is 1.77. The Morgan fingerprint density at radius 2 is 1.95 bits per heavy atom. The molecule has 1 saturated heterocycles. The van der Waals surface area contributed by atoms with Crippen LogP contribution in [-0.4, -0.2) is 36.2 Å². The van der Waals surface area contributed by atoms with Gasteiger partial charge in [0.15, 0.2) is 0 Å². The van der Waals surface area contributed by atoms with Crippen molar-refractivity contribution in [2.24, 2.45) is 0 Å². The van der Waals surface area contributed by atoms with E-state index >= 15 is 0 Å². The van der Waals surface area contributed by atoms with Gasteiger partial charge in [0.1, 0.15) is 11.4 Å². The molecule has 3 rings (SSSR count). The zero-order valence-electron chi connectivity index (χ0n) is 11.8. The first-order chi connectivity index (χ1) is 9.73. The van der Waals surface area contributed by atoms with Crippen LogP contribution < -0.4 is 0 Å². The monoisotopic (exact) mass is 280 g/mol. The normalized spacial score (nSPS) is 23.9. The number of methoxy groups -OCH3 is 1. The molecule has 0 atom stereocenters. The molecule has 0 bridgehead atoms. The maximum atomic E-state index is 11.3. The lowest BCUT2D eigenvalue weighted by atomic mass is 9.88. The summed E-state index contributed by atoms with van der Waals surface area (Å²) in [5, 5.41) is 4.13. The van der Waals surface area contributed by atoms with Crippen molar-refractivity contribution in [2.45, 2.75) is 50.0 Å². The van der Waals surface area contributed by atoms with Crippen LogP contribution in [0.3, 0.4) is 0 Å². The van der Waals surface area contributed by atoms with Gasteiger partial charge in [-0.25, -0.2) is 0 Å². The molecule has 0 N–H and O–H groups in total. The number of carbonyl (C=O) groups is 1. The van der Waals surface area contributed by atoms with Crippen LogP contribution in [0.15, 0.2) is 4.52 Å². The van der Waals surface area contributed by atoms with E-state index in [1.807, 2.05) is 0 Å². The average Bonchev–Trinajstić information content (AvgIpc) is 2.99. The van der Waals surface area contributed by atoms with Crippen molar-refractivity contribution in [3.8, 4) is 0 Å². The summed E-state index contributed by atoms with van der Waals surface area (Å²) in [5.41, 5.74) is -0.482. The predicted molar refractivity (Wildman–Crippen MR) is 69.3 cm³/mol. The molecule has 0 unspecified atom stereocenters. The minimum absolute atomic E-state index is 0.211. The number of hydrogen-bond acceptors (Lipinski definition) is 6. The molecule has 1 aromatic heterocycles. The lowest BCUT2D eigenvalue weighted by molar-refractivity contribution is -0.120. The van der Waals surface area contributed by atoms with Crippen LogP contribution in [0, 0.1) is 0 Å². The molecule has 0 radical (unpaired) electrons. The molecule has 0 amide bonds.